The van der Waals surface area contributed by atoms with Crippen molar-refractivity contribution in [2.24, 2.45) is 13.0 Å². The molecule has 0 atom stereocenters. The number of nitrogens with one attached hydrogen (secondary N) is 1. The molecule has 1 heterocycles. The van der Waals surface area contributed by atoms with E-state index in [4.69, 9.17) is 0 Å². The molecule has 134 valence electrons. The predicted octanol–water partition coefficient (Wildman–Crippen LogP) is 4.40. The lowest BCUT2D eigenvalue weighted by atomic mass is 10.0. The zero-order valence-electron chi connectivity index (χ0n) is 15.3. The van der Waals surface area contributed by atoms with E-state index in [1.54, 1.807) is 17.7 Å². The Morgan fingerprint density at radius 1 is 1.24 bits per heavy atom. The Morgan fingerprint density at radius 3 is 2.72 bits per heavy atom. The molecule has 4 nitrogen and oxygen atoms in total. The van der Waals surface area contributed by atoms with Gasteiger partial charge in [-0.3, -0.25) is 9.59 Å². The molecular weight excluding hydrogens is 312 g/mol. The van der Waals surface area contributed by atoms with Crippen molar-refractivity contribution in [2.45, 2.75) is 58.3 Å². The normalized spacial score (nSPS) is 15.0. The molecule has 0 unspecified atom stereocenters. The lowest BCUT2D eigenvalue weighted by Crippen LogP contribution is -2.18. The summed E-state index contributed by atoms with van der Waals surface area (Å²) in [5.41, 5.74) is 2.77. The topological polar surface area (TPSA) is 51.1 Å². The van der Waals surface area contributed by atoms with Gasteiger partial charge in [0.2, 0.25) is 5.91 Å². The summed E-state index contributed by atoms with van der Waals surface area (Å²) in [4.78, 5) is 24.5. The molecule has 0 saturated heterocycles. The van der Waals surface area contributed by atoms with Crippen LogP contribution in [0.15, 0.2) is 29.1 Å². The van der Waals surface area contributed by atoms with E-state index in [1.807, 2.05) is 18.2 Å². The monoisotopic (exact) mass is 340 g/mol. The first-order valence-corrected chi connectivity index (χ1v) is 9.51. The van der Waals surface area contributed by atoms with Crippen molar-refractivity contribution in [3.05, 3.63) is 40.2 Å². The third-order valence-corrected chi connectivity index (χ3v) is 5.37. The van der Waals surface area contributed by atoms with Gasteiger partial charge in [-0.25, -0.2) is 0 Å². The molecule has 1 aliphatic rings. The standard InChI is InChI=1S/C21H28N2O2/c1-3-4-9-16-13-21(25)23(2)19-14-17(10-11-18(16)19)22-20(24)12-15-7-5-6-8-15/h10-11,13-15H,3-9,12H2,1-2H3,(H,22,24). The maximum absolute atomic E-state index is 12.3. The summed E-state index contributed by atoms with van der Waals surface area (Å²) in [6.07, 6.45) is 8.52. The van der Waals surface area contributed by atoms with Gasteiger partial charge in [0.05, 0.1) is 5.52 Å². The quantitative estimate of drug-likeness (QED) is 0.847. The highest BCUT2D eigenvalue weighted by atomic mass is 16.1. The van der Waals surface area contributed by atoms with Crippen LogP contribution in [0.1, 0.15) is 57.4 Å². The molecule has 25 heavy (non-hydrogen) atoms. The number of aryl methyl sites for hydroxylation is 2. The number of carbonyl (C=O) groups excluding carboxylic acids is 1. The first-order valence-electron chi connectivity index (χ1n) is 9.51. The fourth-order valence-electron chi connectivity index (χ4n) is 3.86. The van der Waals surface area contributed by atoms with Crippen molar-refractivity contribution < 1.29 is 4.79 Å². The summed E-state index contributed by atoms with van der Waals surface area (Å²) < 4.78 is 1.66. The van der Waals surface area contributed by atoms with Crippen LogP contribution in [0.4, 0.5) is 5.69 Å². The number of pyridine rings is 1. The van der Waals surface area contributed by atoms with E-state index in [1.165, 1.54) is 25.7 Å². The van der Waals surface area contributed by atoms with E-state index < -0.39 is 0 Å². The molecule has 1 fully saturated rings. The average molecular weight is 340 g/mol. The number of anilines is 1. The molecule has 0 spiro atoms. The second-order valence-electron chi connectivity index (χ2n) is 7.31. The SMILES string of the molecule is CCCCc1cc(=O)n(C)c2cc(NC(=O)CC3CCCC3)ccc12. The van der Waals surface area contributed by atoms with Gasteiger partial charge in [0.25, 0.3) is 5.56 Å². The number of amides is 1. The minimum absolute atomic E-state index is 0.00744. The van der Waals surface area contributed by atoms with E-state index in [0.29, 0.717) is 12.3 Å². The van der Waals surface area contributed by atoms with Crippen molar-refractivity contribution in [1.82, 2.24) is 4.57 Å². The van der Waals surface area contributed by atoms with Crippen LogP contribution in [0, 0.1) is 5.92 Å². The smallest absolute Gasteiger partial charge is 0.251 e. The molecule has 1 aromatic heterocycles. The van der Waals surface area contributed by atoms with E-state index in [2.05, 4.69) is 12.2 Å². The van der Waals surface area contributed by atoms with E-state index in [9.17, 15) is 9.59 Å². The second-order valence-corrected chi connectivity index (χ2v) is 7.31. The lowest BCUT2D eigenvalue weighted by molar-refractivity contribution is -0.117. The number of hydrogen-bond donors (Lipinski definition) is 1. The molecule has 0 aliphatic heterocycles. The van der Waals surface area contributed by atoms with Crippen LogP contribution >= 0.6 is 0 Å². The summed E-state index contributed by atoms with van der Waals surface area (Å²) in [6, 6.07) is 7.66. The van der Waals surface area contributed by atoms with Gasteiger partial charge < -0.3 is 9.88 Å². The Balaban J connectivity index is 1.84. The summed E-state index contributed by atoms with van der Waals surface area (Å²) in [5.74, 6) is 0.615. The molecule has 1 N–H and O–H groups in total. The fourth-order valence-corrected chi connectivity index (χ4v) is 3.86. The summed E-state index contributed by atoms with van der Waals surface area (Å²) in [7, 11) is 1.79. The van der Waals surface area contributed by atoms with Gasteiger partial charge in [-0.05, 0) is 49.3 Å². The molecular formula is C21H28N2O2. The summed E-state index contributed by atoms with van der Waals surface area (Å²) in [5, 5.41) is 4.12. The van der Waals surface area contributed by atoms with Crippen LogP contribution in [0.3, 0.4) is 0 Å². The molecule has 3 rings (SSSR count). The molecule has 1 saturated carbocycles. The van der Waals surface area contributed by atoms with Crippen LogP contribution in [0.5, 0.6) is 0 Å². The Hall–Kier alpha value is -2.10. The molecule has 1 aromatic carbocycles. The van der Waals surface area contributed by atoms with Gasteiger partial charge in [-0.15, -0.1) is 0 Å². The number of nitrogens with zero attached hydrogens (tertiary/aromatic N) is 1. The Kier molecular flexibility index (Phi) is 5.57. The van der Waals surface area contributed by atoms with Gasteiger partial charge in [0.1, 0.15) is 0 Å². The molecule has 1 amide bonds. The highest BCUT2D eigenvalue weighted by Crippen LogP contribution is 2.28. The van der Waals surface area contributed by atoms with Crippen molar-refractivity contribution in [1.29, 1.82) is 0 Å². The Labute approximate surface area is 149 Å². The summed E-state index contributed by atoms with van der Waals surface area (Å²) >= 11 is 0. The first kappa shape index (κ1) is 17.7. The fraction of sp³-hybridized carbons (Fsp3) is 0.524. The van der Waals surface area contributed by atoms with Gasteiger partial charge in [-0.1, -0.05) is 32.3 Å². The largest absolute Gasteiger partial charge is 0.326 e. The average Bonchev–Trinajstić information content (AvgIpc) is 3.09. The minimum atomic E-state index is 0.00744. The van der Waals surface area contributed by atoms with Crippen molar-refractivity contribution in [2.75, 3.05) is 5.32 Å². The predicted molar refractivity (Wildman–Crippen MR) is 103 cm³/mol. The van der Waals surface area contributed by atoms with Gasteiger partial charge >= 0.3 is 0 Å². The van der Waals surface area contributed by atoms with E-state index >= 15 is 0 Å². The molecule has 0 radical (unpaired) electrons. The van der Waals surface area contributed by atoms with Crippen molar-refractivity contribution in [3.8, 4) is 0 Å². The minimum Gasteiger partial charge on any atom is -0.326 e. The molecule has 0 bridgehead atoms. The number of rotatable bonds is 6. The van der Waals surface area contributed by atoms with E-state index in [0.717, 1.165) is 41.4 Å². The van der Waals surface area contributed by atoms with Crippen molar-refractivity contribution >= 4 is 22.5 Å². The third-order valence-electron chi connectivity index (χ3n) is 5.37. The highest BCUT2D eigenvalue weighted by molar-refractivity contribution is 5.94. The molecule has 2 aromatic rings. The zero-order valence-corrected chi connectivity index (χ0v) is 15.3. The van der Waals surface area contributed by atoms with Crippen LogP contribution in [-0.4, -0.2) is 10.5 Å². The maximum atomic E-state index is 12.3. The van der Waals surface area contributed by atoms with E-state index in [-0.39, 0.29) is 11.5 Å². The second kappa shape index (κ2) is 7.85. The Bertz CT molecular complexity index is 816. The first-order chi connectivity index (χ1) is 12.1. The van der Waals surface area contributed by atoms with Crippen LogP contribution in [0.2, 0.25) is 0 Å². The van der Waals surface area contributed by atoms with Crippen LogP contribution in [-0.2, 0) is 18.3 Å². The number of unbranched alkanes of at least 4 members (excludes halogenated alkanes) is 1. The molecule has 1 aliphatic carbocycles. The summed E-state index contributed by atoms with van der Waals surface area (Å²) in [6.45, 7) is 2.15. The third kappa shape index (κ3) is 4.12. The van der Waals surface area contributed by atoms with Crippen LogP contribution in [0.25, 0.3) is 10.9 Å². The van der Waals surface area contributed by atoms with Gasteiger partial charge in [-0.2, -0.15) is 0 Å². The Morgan fingerprint density at radius 2 is 2.00 bits per heavy atom. The highest BCUT2D eigenvalue weighted by Gasteiger charge is 2.18. The zero-order chi connectivity index (χ0) is 17.8. The molecule has 4 heteroatoms. The lowest BCUT2D eigenvalue weighted by Gasteiger charge is -2.13. The number of aromatic nitrogens is 1. The van der Waals surface area contributed by atoms with Gasteiger partial charge in [0, 0.05) is 30.6 Å². The van der Waals surface area contributed by atoms with Crippen LogP contribution < -0.4 is 10.9 Å². The number of fused-ring (bicyclic) bond motifs is 1. The number of carbonyl (C=O) groups is 1. The number of hydrogen-bond acceptors (Lipinski definition) is 2. The van der Waals surface area contributed by atoms with Crippen molar-refractivity contribution in [3.63, 3.8) is 0 Å². The number of benzene rings is 1. The van der Waals surface area contributed by atoms with Gasteiger partial charge in [0.15, 0.2) is 0 Å². The maximum Gasteiger partial charge on any atom is 0.251 e.